The average molecular weight is 771 g/mol. The van der Waals surface area contributed by atoms with Gasteiger partial charge in [-0.25, -0.2) is 4.57 Å². The van der Waals surface area contributed by atoms with Gasteiger partial charge in [-0.05, 0) is 96.3 Å². The van der Waals surface area contributed by atoms with Crippen LogP contribution in [0.1, 0.15) is 142 Å². The zero-order valence-corrected chi connectivity index (χ0v) is 34.2. The van der Waals surface area contributed by atoms with Crippen LogP contribution in [0.2, 0.25) is 0 Å². The molecule has 0 unspecified atom stereocenters. The maximum Gasteiger partial charge on any atom is 0.469 e. The molecule has 0 fully saturated rings. The Morgan fingerprint density at radius 3 is 1.30 bits per heavy atom. The number of rotatable bonds is 35. The molecule has 0 aliphatic heterocycles. The van der Waals surface area contributed by atoms with Gasteiger partial charge in [-0.3, -0.25) is 14.1 Å². The van der Waals surface area contributed by atoms with Crippen LogP contribution in [0.4, 0.5) is 0 Å². The number of phosphoric ester groups is 1. The predicted molar refractivity (Wildman–Crippen MR) is 225 cm³/mol. The molecule has 0 aromatic carbocycles. The fraction of sp³-hybridized carbons (Fsp3) is 0.556. The maximum absolute atomic E-state index is 12.4. The van der Waals surface area contributed by atoms with Gasteiger partial charge in [-0.15, -0.1) is 0 Å². The van der Waals surface area contributed by atoms with E-state index in [1.54, 1.807) is 0 Å². The van der Waals surface area contributed by atoms with E-state index in [9.17, 15) is 14.2 Å². The van der Waals surface area contributed by atoms with Crippen molar-refractivity contribution in [3.8, 4) is 0 Å². The smallest absolute Gasteiger partial charge is 0.462 e. The summed E-state index contributed by atoms with van der Waals surface area (Å²) in [6.45, 7) is 3.43. The van der Waals surface area contributed by atoms with Gasteiger partial charge in [0.25, 0.3) is 0 Å². The normalized spacial score (nSPS) is 13.6. The zero-order chi connectivity index (χ0) is 39.6. The van der Waals surface area contributed by atoms with Gasteiger partial charge in [0.2, 0.25) is 0 Å². The molecule has 0 radical (unpaired) electrons. The summed E-state index contributed by atoms with van der Waals surface area (Å²) >= 11 is 0. The molecule has 0 bridgehead atoms. The number of phosphoric acid groups is 1. The summed E-state index contributed by atoms with van der Waals surface area (Å²) in [6.07, 6.45) is 55.2. The Morgan fingerprint density at radius 2 is 0.889 bits per heavy atom. The van der Waals surface area contributed by atoms with Crippen LogP contribution in [0, 0.1) is 0 Å². The second-order valence-electron chi connectivity index (χ2n) is 12.9. The molecule has 0 aliphatic rings. The first-order chi connectivity index (χ1) is 26.3. The molecular weight excluding hydrogens is 699 g/mol. The van der Waals surface area contributed by atoms with Crippen molar-refractivity contribution in [2.45, 2.75) is 148 Å². The number of hydrogen-bond donors (Lipinski definition) is 2. The fourth-order valence-corrected chi connectivity index (χ4v) is 5.16. The second kappa shape index (κ2) is 39.4. The van der Waals surface area contributed by atoms with E-state index in [0.29, 0.717) is 12.8 Å². The standard InChI is InChI=1S/C45H71O8P/c1-3-5-7-9-11-13-15-17-19-21-22-24-25-27-29-31-33-35-37-39-44(46)51-41-43(42-52-54(48,49)50)53-45(47)40-38-36-34-32-30-28-26-23-20-18-16-14-12-10-8-6-4-2/h5,7-8,10-11,13-14,16-17,19-20,22-24,27-30,43H,3-4,6,9,12,15,18,21,25-26,31-42H2,1-2H3,(H2,48,49,50)/b7-5+,10-8+,13-11+,16-14+,19-17+,23-20+,24-22+,29-27+,30-28+/t43-/m1/s1. The third kappa shape index (κ3) is 41.5. The third-order valence-corrected chi connectivity index (χ3v) is 8.24. The Balaban J connectivity index is 4.10. The van der Waals surface area contributed by atoms with Gasteiger partial charge < -0.3 is 19.3 Å². The first kappa shape index (κ1) is 50.7. The average Bonchev–Trinajstić information content (AvgIpc) is 3.14. The van der Waals surface area contributed by atoms with Gasteiger partial charge in [-0.1, -0.05) is 142 Å². The number of allylic oxidation sites excluding steroid dienone is 18. The lowest BCUT2D eigenvalue weighted by Gasteiger charge is -2.18. The molecule has 0 aliphatic carbocycles. The summed E-state index contributed by atoms with van der Waals surface area (Å²) in [7, 11) is -4.78. The monoisotopic (exact) mass is 770 g/mol. The SMILES string of the molecule is CC/C=C/C/C=C/C/C=C/C/C=C/C/C=C/CCCCCC(=O)OC[C@H](COP(=O)(O)O)OC(=O)CCCCC/C=C/C/C=C/C/C=C/C/C=C/CCC. The number of ether oxygens (including phenoxy) is 2. The van der Waals surface area contributed by atoms with Crippen LogP contribution in [0.15, 0.2) is 109 Å². The summed E-state index contributed by atoms with van der Waals surface area (Å²) in [5.41, 5.74) is 0. The number of hydrogen-bond acceptors (Lipinski definition) is 6. The predicted octanol–water partition coefficient (Wildman–Crippen LogP) is 12.4. The molecule has 0 rings (SSSR count). The quantitative estimate of drug-likeness (QED) is 0.0283. The first-order valence-corrected chi connectivity index (χ1v) is 21.7. The lowest BCUT2D eigenvalue weighted by Crippen LogP contribution is -2.29. The summed E-state index contributed by atoms with van der Waals surface area (Å²) in [4.78, 5) is 42.8. The van der Waals surface area contributed by atoms with E-state index < -0.39 is 32.5 Å². The van der Waals surface area contributed by atoms with Crippen LogP contribution < -0.4 is 0 Å². The molecule has 0 heterocycles. The van der Waals surface area contributed by atoms with Gasteiger partial charge in [0.15, 0.2) is 6.10 Å². The summed E-state index contributed by atoms with van der Waals surface area (Å²) in [5.74, 6) is -0.972. The fourth-order valence-electron chi connectivity index (χ4n) is 4.80. The van der Waals surface area contributed by atoms with E-state index in [-0.39, 0.29) is 19.4 Å². The number of carbonyl (C=O) groups excluding carboxylic acids is 2. The number of unbranched alkanes of at least 4 members (excludes halogenated alkanes) is 7. The zero-order valence-electron chi connectivity index (χ0n) is 33.3. The van der Waals surface area contributed by atoms with Crippen molar-refractivity contribution in [1.82, 2.24) is 0 Å². The van der Waals surface area contributed by atoms with Crippen molar-refractivity contribution in [2.75, 3.05) is 13.2 Å². The molecule has 0 aromatic rings. The van der Waals surface area contributed by atoms with Crippen molar-refractivity contribution < 1.29 is 37.9 Å². The van der Waals surface area contributed by atoms with Crippen molar-refractivity contribution in [3.63, 3.8) is 0 Å². The molecule has 8 nitrogen and oxygen atoms in total. The lowest BCUT2D eigenvalue weighted by molar-refractivity contribution is -0.161. The van der Waals surface area contributed by atoms with Gasteiger partial charge in [0.05, 0.1) is 6.61 Å². The molecular formula is C45H71O8P. The van der Waals surface area contributed by atoms with Crippen LogP contribution in [-0.2, 0) is 28.2 Å². The minimum atomic E-state index is -4.78. The molecule has 0 amide bonds. The number of esters is 2. The largest absolute Gasteiger partial charge is 0.469 e. The van der Waals surface area contributed by atoms with Gasteiger partial charge in [0, 0.05) is 12.8 Å². The van der Waals surface area contributed by atoms with Crippen LogP contribution in [-0.4, -0.2) is 41.0 Å². The molecule has 0 saturated heterocycles. The van der Waals surface area contributed by atoms with Crippen LogP contribution >= 0.6 is 7.82 Å². The van der Waals surface area contributed by atoms with E-state index in [1.807, 2.05) is 0 Å². The number of carbonyl (C=O) groups is 2. The third-order valence-electron chi connectivity index (χ3n) is 7.76. The van der Waals surface area contributed by atoms with Crippen molar-refractivity contribution in [2.24, 2.45) is 0 Å². The molecule has 9 heteroatoms. The first-order valence-electron chi connectivity index (χ1n) is 20.2. The Morgan fingerprint density at radius 1 is 0.500 bits per heavy atom. The Hall–Kier alpha value is -3.29. The molecule has 0 spiro atoms. The van der Waals surface area contributed by atoms with Crippen LogP contribution in [0.5, 0.6) is 0 Å². The van der Waals surface area contributed by atoms with Crippen molar-refractivity contribution in [3.05, 3.63) is 109 Å². The summed E-state index contributed by atoms with van der Waals surface area (Å²) in [5, 5.41) is 0. The molecule has 2 N–H and O–H groups in total. The van der Waals surface area contributed by atoms with E-state index in [0.717, 1.165) is 96.3 Å². The highest BCUT2D eigenvalue weighted by atomic mass is 31.2. The second-order valence-corrected chi connectivity index (χ2v) is 14.1. The maximum atomic E-state index is 12.4. The van der Waals surface area contributed by atoms with Crippen molar-refractivity contribution >= 4 is 19.8 Å². The van der Waals surface area contributed by atoms with E-state index in [2.05, 4.69) is 128 Å². The van der Waals surface area contributed by atoms with Crippen molar-refractivity contribution in [1.29, 1.82) is 0 Å². The van der Waals surface area contributed by atoms with E-state index in [1.165, 1.54) is 6.42 Å². The summed E-state index contributed by atoms with van der Waals surface area (Å²) in [6, 6.07) is 0. The summed E-state index contributed by atoms with van der Waals surface area (Å²) < 4.78 is 26.3. The molecule has 54 heavy (non-hydrogen) atoms. The van der Waals surface area contributed by atoms with Gasteiger partial charge in [0.1, 0.15) is 6.61 Å². The highest BCUT2D eigenvalue weighted by Crippen LogP contribution is 2.36. The Labute approximate surface area is 327 Å². The minimum absolute atomic E-state index is 0.159. The van der Waals surface area contributed by atoms with E-state index in [4.69, 9.17) is 19.3 Å². The molecule has 0 aromatic heterocycles. The molecule has 304 valence electrons. The lowest BCUT2D eigenvalue weighted by atomic mass is 10.1. The Kier molecular flexibility index (Phi) is 37.0. The topological polar surface area (TPSA) is 119 Å². The van der Waals surface area contributed by atoms with Gasteiger partial charge in [-0.2, -0.15) is 0 Å². The minimum Gasteiger partial charge on any atom is -0.462 e. The van der Waals surface area contributed by atoms with E-state index >= 15 is 0 Å². The van der Waals surface area contributed by atoms with Crippen LogP contribution in [0.25, 0.3) is 0 Å². The highest BCUT2D eigenvalue weighted by molar-refractivity contribution is 7.46. The van der Waals surface area contributed by atoms with Crippen LogP contribution in [0.3, 0.4) is 0 Å². The molecule has 0 saturated carbocycles. The van der Waals surface area contributed by atoms with Gasteiger partial charge >= 0.3 is 19.8 Å². The highest BCUT2D eigenvalue weighted by Gasteiger charge is 2.22. The molecule has 1 atom stereocenters. The Bertz CT molecular complexity index is 1230.